The number of carbonyl (C=O) groups is 1. The van der Waals surface area contributed by atoms with Crippen molar-refractivity contribution in [2.45, 2.75) is 39.7 Å². The fraction of sp³-hybridized carbons (Fsp3) is 0.571. The lowest BCUT2D eigenvalue weighted by atomic mass is 10.2. The van der Waals surface area contributed by atoms with Crippen molar-refractivity contribution in [1.82, 2.24) is 19.1 Å². The van der Waals surface area contributed by atoms with Crippen molar-refractivity contribution >= 4 is 17.1 Å². The van der Waals surface area contributed by atoms with Crippen LogP contribution in [-0.2, 0) is 24.8 Å². The van der Waals surface area contributed by atoms with E-state index in [1.165, 1.54) is 4.57 Å². The second-order valence-electron chi connectivity index (χ2n) is 5.77. The van der Waals surface area contributed by atoms with Crippen LogP contribution in [0.4, 0.5) is 0 Å². The summed E-state index contributed by atoms with van der Waals surface area (Å²) in [6.07, 6.45) is 0.907. The number of rotatable bonds is 6. The molecule has 0 amide bonds. The Hall–Kier alpha value is -2.38. The second-order valence-corrected chi connectivity index (χ2v) is 5.77. The predicted octanol–water partition coefficient (Wildman–Crippen LogP) is 0.487. The van der Waals surface area contributed by atoms with E-state index in [-0.39, 0.29) is 12.3 Å². The van der Waals surface area contributed by atoms with Gasteiger partial charge >= 0.3 is 11.7 Å². The molecule has 0 fully saturated rings. The van der Waals surface area contributed by atoms with Crippen molar-refractivity contribution in [3.8, 4) is 0 Å². The van der Waals surface area contributed by atoms with Gasteiger partial charge in [0.15, 0.2) is 11.2 Å². The molecule has 0 atom stereocenters. The van der Waals surface area contributed by atoms with E-state index < -0.39 is 17.2 Å². The molecule has 0 radical (unpaired) electrons. The molecule has 2 aromatic rings. The van der Waals surface area contributed by atoms with Crippen molar-refractivity contribution in [1.29, 1.82) is 0 Å². The zero-order valence-electron chi connectivity index (χ0n) is 12.9. The van der Waals surface area contributed by atoms with E-state index in [4.69, 9.17) is 5.11 Å². The third-order valence-corrected chi connectivity index (χ3v) is 3.44. The number of imidazole rings is 1. The number of hydrogen-bond acceptors (Lipinski definition) is 4. The molecule has 0 bridgehead atoms. The van der Waals surface area contributed by atoms with Crippen LogP contribution < -0.4 is 11.2 Å². The van der Waals surface area contributed by atoms with E-state index in [9.17, 15) is 14.4 Å². The number of H-pyrrole nitrogens is 1. The van der Waals surface area contributed by atoms with E-state index in [0.717, 1.165) is 0 Å². The Morgan fingerprint density at radius 1 is 1.36 bits per heavy atom. The number of nitrogens with zero attached hydrogens (tertiary/aromatic N) is 3. The molecule has 0 spiro atoms. The number of carboxylic acid groups (broad SMARTS) is 1. The molecule has 2 heterocycles. The van der Waals surface area contributed by atoms with Crippen LogP contribution in [-0.4, -0.2) is 30.2 Å². The Balaban J connectivity index is 2.52. The predicted molar refractivity (Wildman–Crippen MR) is 81.0 cm³/mol. The highest BCUT2D eigenvalue weighted by Gasteiger charge is 2.17. The number of aromatic amines is 1. The van der Waals surface area contributed by atoms with Gasteiger partial charge in [-0.15, -0.1) is 0 Å². The summed E-state index contributed by atoms with van der Waals surface area (Å²) in [5.41, 5.74) is -0.248. The number of hydrogen-bond donors (Lipinski definition) is 2. The summed E-state index contributed by atoms with van der Waals surface area (Å²) >= 11 is 0. The molecule has 0 aliphatic heterocycles. The van der Waals surface area contributed by atoms with E-state index in [1.807, 2.05) is 13.8 Å². The Labute approximate surface area is 126 Å². The molecule has 2 N–H and O–H groups in total. The molecule has 8 heteroatoms. The van der Waals surface area contributed by atoms with Gasteiger partial charge in [-0.25, -0.2) is 9.78 Å². The van der Waals surface area contributed by atoms with Gasteiger partial charge in [0.1, 0.15) is 5.82 Å². The van der Waals surface area contributed by atoms with E-state index in [2.05, 4.69) is 9.97 Å². The highest BCUT2D eigenvalue weighted by molar-refractivity contribution is 5.71. The van der Waals surface area contributed by atoms with Gasteiger partial charge in [-0.05, 0) is 12.3 Å². The molecule has 0 aromatic carbocycles. The molecule has 0 aliphatic carbocycles. The first-order chi connectivity index (χ1) is 10.3. The number of fused-ring (bicyclic) bond motifs is 1. The standard InChI is InChI=1S/C14H20N4O4/c1-8(2)7-18-12-11(13(21)16-14(18)22)17(3)9(15-12)5-4-6-10(19)20/h8H,4-7H2,1-3H3,(H,19,20)(H,16,21,22). The molecule has 2 aromatic heterocycles. The molecular weight excluding hydrogens is 288 g/mol. The summed E-state index contributed by atoms with van der Waals surface area (Å²) in [5.74, 6) is -0.0394. The SMILES string of the molecule is CC(C)Cn1c(=O)[nH]c(=O)c2c1nc(CCCC(=O)O)n2C. The molecule has 8 nitrogen and oxygen atoms in total. The second kappa shape index (κ2) is 6.17. The number of aryl methyl sites for hydroxylation is 2. The Bertz CT molecular complexity index is 813. The average molecular weight is 308 g/mol. The van der Waals surface area contributed by atoms with Gasteiger partial charge in [-0.3, -0.25) is 19.1 Å². The zero-order chi connectivity index (χ0) is 16.4. The number of carboxylic acids is 1. The quantitative estimate of drug-likeness (QED) is 0.807. The molecule has 120 valence electrons. The maximum Gasteiger partial charge on any atom is 0.330 e. The number of aromatic nitrogens is 4. The Kier molecular flexibility index (Phi) is 4.48. The normalized spacial score (nSPS) is 11.5. The third-order valence-electron chi connectivity index (χ3n) is 3.44. The first kappa shape index (κ1) is 16.0. The molecule has 0 saturated heterocycles. The van der Waals surface area contributed by atoms with Gasteiger partial charge in [-0.2, -0.15) is 0 Å². The minimum absolute atomic E-state index is 0.0400. The Morgan fingerprint density at radius 2 is 2.05 bits per heavy atom. The van der Waals surface area contributed by atoms with Crippen molar-refractivity contribution in [2.24, 2.45) is 13.0 Å². The first-order valence-corrected chi connectivity index (χ1v) is 7.21. The van der Waals surface area contributed by atoms with Crippen LogP contribution in [0, 0.1) is 5.92 Å². The smallest absolute Gasteiger partial charge is 0.330 e. The van der Waals surface area contributed by atoms with Gasteiger partial charge in [0, 0.05) is 26.4 Å². The van der Waals surface area contributed by atoms with Crippen LogP contribution in [0.3, 0.4) is 0 Å². The zero-order valence-corrected chi connectivity index (χ0v) is 12.9. The summed E-state index contributed by atoms with van der Waals surface area (Å²) in [4.78, 5) is 41.3. The van der Waals surface area contributed by atoms with Crippen LogP contribution in [0.5, 0.6) is 0 Å². The maximum absolute atomic E-state index is 12.0. The highest BCUT2D eigenvalue weighted by Crippen LogP contribution is 2.13. The van der Waals surface area contributed by atoms with Crippen molar-refractivity contribution in [3.05, 3.63) is 26.7 Å². The van der Waals surface area contributed by atoms with Gasteiger partial charge in [0.25, 0.3) is 5.56 Å². The van der Waals surface area contributed by atoms with Crippen molar-refractivity contribution < 1.29 is 9.90 Å². The third kappa shape index (κ3) is 3.10. The van der Waals surface area contributed by atoms with Crippen LogP contribution >= 0.6 is 0 Å². The van der Waals surface area contributed by atoms with Gasteiger partial charge < -0.3 is 9.67 Å². The van der Waals surface area contributed by atoms with Crippen LogP contribution in [0.1, 0.15) is 32.5 Å². The molecule has 0 unspecified atom stereocenters. The van der Waals surface area contributed by atoms with E-state index in [1.54, 1.807) is 11.6 Å². The lowest BCUT2D eigenvalue weighted by molar-refractivity contribution is -0.137. The van der Waals surface area contributed by atoms with Crippen LogP contribution in [0.2, 0.25) is 0 Å². The largest absolute Gasteiger partial charge is 0.481 e. The fourth-order valence-corrected chi connectivity index (χ4v) is 2.45. The first-order valence-electron chi connectivity index (χ1n) is 7.21. The van der Waals surface area contributed by atoms with Gasteiger partial charge in [0.2, 0.25) is 0 Å². The summed E-state index contributed by atoms with van der Waals surface area (Å²) in [6, 6.07) is 0. The van der Waals surface area contributed by atoms with Gasteiger partial charge in [0.05, 0.1) is 0 Å². The topological polar surface area (TPSA) is 110 Å². The highest BCUT2D eigenvalue weighted by atomic mass is 16.4. The maximum atomic E-state index is 12.0. The van der Waals surface area contributed by atoms with Crippen molar-refractivity contribution in [3.63, 3.8) is 0 Å². The van der Waals surface area contributed by atoms with E-state index >= 15 is 0 Å². The lowest BCUT2D eigenvalue weighted by Crippen LogP contribution is -2.32. The molecule has 0 aliphatic rings. The average Bonchev–Trinajstić information content (AvgIpc) is 2.72. The fourth-order valence-electron chi connectivity index (χ4n) is 2.45. The summed E-state index contributed by atoms with van der Waals surface area (Å²) in [7, 11) is 1.70. The lowest BCUT2D eigenvalue weighted by Gasteiger charge is -2.08. The minimum Gasteiger partial charge on any atom is -0.481 e. The molecule has 0 saturated carbocycles. The molecular formula is C14H20N4O4. The minimum atomic E-state index is -0.867. The molecule has 22 heavy (non-hydrogen) atoms. The van der Waals surface area contributed by atoms with Crippen LogP contribution in [0.15, 0.2) is 9.59 Å². The van der Waals surface area contributed by atoms with Gasteiger partial charge in [-0.1, -0.05) is 13.8 Å². The summed E-state index contributed by atoms with van der Waals surface area (Å²) in [5, 5.41) is 8.70. The number of aliphatic carboxylic acids is 1. The van der Waals surface area contributed by atoms with Crippen LogP contribution in [0.25, 0.3) is 11.2 Å². The molecule has 2 rings (SSSR count). The summed E-state index contributed by atoms with van der Waals surface area (Å²) < 4.78 is 3.09. The summed E-state index contributed by atoms with van der Waals surface area (Å²) in [6.45, 7) is 4.40. The van der Waals surface area contributed by atoms with E-state index in [0.29, 0.717) is 36.4 Å². The van der Waals surface area contributed by atoms with Crippen molar-refractivity contribution in [2.75, 3.05) is 0 Å². The number of nitrogens with one attached hydrogen (secondary N) is 1. The Morgan fingerprint density at radius 3 is 2.64 bits per heavy atom. The monoisotopic (exact) mass is 308 g/mol.